The van der Waals surface area contributed by atoms with E-state index in [9.17, 15) is 5.11 Å². The van der Waals surface area contributed by atoms with Crippen LogP contribution in [-0.4, -0.2) is 25.4 Å². The van der Waals surface area contributed by atoms with E-state index in [1.54, 1.807) is 7.11 Å². The third kappa shape index (κ3) is 1.77. The fraction of sp³-hybridized carbons (Fsp3) is 0.538. The summed E-state index contributed by atoms with van der Waals surface area (Å²) < 4.78 is 16.4. The fourth-order valence-electron chi connectivity index (χ4n) is 2.28. The van der Waals surface area contributed by atoms with Crippen LogP contribution in [0, 0.1) is 0 Å². The summed E-state index contributed by atoms with van der Waals surface area (Å²) in [6, 6.07) is 3.80. The molecule has 0 amide bonds. The van der Waals surface area contributed by atoms with Gasteiger partial charge in [-0.3, -0.25) is 0 Å². The minimum absolute atomic E-state index is 0.435. The van der Waals surface area contributed by atoms with E-state index in [0.29, 0.717) is 19.8 Å². The molecule has 0 spiro atoms. The molecule has 0 saturated heterocycles. The molecule has 4 nitrogen and oxygen atoms in total. The van der Waals surface area contributed by atoms with Crippen molar-refractivity contribution in [3.8, 4) is 11.5 Å². The molecular formula is C13H16O4. The highest BCUT2D eigenvalue weighted by atomic mass is 16.6. The third-order valence-corrected chi connectivity index (χ3v) is 3.33. The van der Waals surface area contributed by atoms with E-state index in [0.717, 1.165) is 35.5 Å². The summed E-state index contributed by atoms with van der Waals surface area (Å²) in [7, 11) is 1.64. The molecule has 0 atom stereocenters. The minimum atomic E-state index is -0.677. The molecule has 4 heteroatoms. The molecule has 1 heterocycles. The average molecular weight is 236 g/mol. The maximum absolute atomic E-state index is 10.3. The second-order valence-electron chi connectivity index (χ2n) is 4.58. The van der Waals surface area contributed by atoms with Crippen molar-refractivity contribution in [1.82, 2.24) is 0 Å². The summed E-state index contributed by atoms with van der Waals surface area (Å²) in [6.07, 6.45) is 1.62. The van der Waals surface area contributed by atoms with Gasteiger partial charge < -0.3 is 19.3 Å². The topological polar surface area (TPSA) is 47.9 Å². The Balaban J connectivity index is 2.09. The lowest BCUT2D eigenvalue weighted by Gasteiger charge is -2.24. The zero-order valence-corrected chi connectivity index (χ0v) is 9.86. The summed E-state index contributed by atoms with van der Waals surface area (Å²) in [5, 5.41) is 10.3. The first-order valence-corrected chi connectivity index (χ1v) is 5.88. The van der Waals surface area contributed by atoms with Crippen LogP contribution in [0.15, 0.2) is 12.1 Å². The SMILES string of the molecule is COCc1c(C2(O)CC2)ccc2c1OCCO2. The lowest BCUT2D eigenvalue weighted by Crippen LogP contribution is -2.19. The molecule has 1 aromatic rings. The monoisotopic (exact) mass is 236 g/mol. The summed E-state index contributed by atoms with van der Waals surface area (Å²) in [6.45, 7) is 1.55. The van der Waals surface area contributed by atoms with Gasteiger partial charge in [0.1, 0.15) is 13.2 Å². The van der Waals surface area contributed by atoms with Crippen molar-refractivity contribution in [2.75, 3.05) is 20.3 Å². The van der Waals surface area contributed by atoms with E-state index in [1.807, 2.05) is 12.1 Å². The quantitative estimate of drug-likeness (QED) is 0.865. The average Bonchev–Trinajstić information content (AvgIpc) is 3.09. The highest BCUT2D eigenvalue weighted by molar-refractivity contribution is 5.54. The van der Waals surface area contributed by atoms with Crippen LogP contribution in [0.3, 0.4) is 0 Å². The van der Waals surface area contributed by atoms with Crippen molar-refractivity contribution in [1.29, 1.82) is 0 Å². The van der Waals surface area contributed by atoms with Gasteiger partial charge in [0.15, 0.2) is 11.5 Å². The smallest absolute Gasteiger partial charge is 0.167 e. The molecule has 1 aromatic carbocycles. The number of benzene rings is 1. The predicted molar refractivity (Wildman–Crippen MR) is 61.3 cm³/mol. The molecule has 0 unspecified atom stereocenters. The maximum Gasteiger partial charge on any atom is 0.167 e. The molecule has 92 valence electrons. The number of hydrogen-bond donors (Lipinski definition) is 1. The number of fused-ring (bicyclic) bond motifs is 1. The summed E-state index contributed by atoms with van der Waals surface area (Å²) >= 11 is 0. The van der Waals surface area contributed by atoms with Crippen LogP contribution in [0.4, 0.5) is 0 Å². The first-order valence-electron chi connectivity index (χ1n) is 5.88. The van der Waals surface area contributed by atoms with Gasteiger partial charge in [-0.2, -0.15) is 0 Å². The highest BCUT2D eigenvalue weighted by Crippen LogP contribution is 2.50. The van der Waals surface area contributed by atoms with Crippen LogP contribution in [0.1, 0.15) is 24.0 Å². The van der Waals surface area contributed by atoms with Crippen LogP contribution < -0.4 is 9.47 Å². The molecule has 1 aliphatic carbocycles. The Kier molecular flexibility index (Phi) is 2.49. The van der Waals surface area contributed by atoms with Crippen molar-refractivity contribution in [2.45, 2.75) is 25.0 Å². The van der Waals surface area contributed by atoms with Crippen molar-refractivity contribution < 1.29 is 19.3 Å². The Hall–Kier alpha value is -1.26. The van der Waals surface area contributed by atoms with E-state index in [2.05, 4.69) is 0 Å². The van der Waals surface area contributed by atoms with Gasteiger partial charge >= 0.3 is 0 Å². The Bertz CT molecular complexity index is 437. The van der Waals surface area contributed by atoms with Crippen LogP contribution in [0.2, 0.25) is 0 Å². The van der Waals surface area contributed by atoms with Gasteiger partial charge in [-0.05, 0) is 24.5 Å². The predicted octanol–water partition coefficient (Wildman–Crippen LogP) is 1.59. The molecule has 0 aromatic heterocycles. The van der Waals surface area contributed by atoms with Crippen LogP contribution >= 0.6 is 0 Å². The molecule has 1 aliphatic heterocycles. The number of aliphatic hydroxyl groups is 1. The van der Waals surface area contributed by atoms with E-state index < -0.39 is 5.60 Å². The zero-order valence-electron chi connectivity index (χ0n) is 9.86. The van der Waals surface area contributed by atoms with E-state index in [-0.39, 0.29) is 0 Å². The second-order valence-corrected chi connectivity index (χ2v) is 4.58. The van der Waals surface area contributed by atoms with Gasteiger partial charge in [0, 0.05) is 12.7 Å². The van der Waals surface area contributed by atoms with Gasteiger partial charge in [0.2, 0.25) is 0 Å². The van der Waals surface area contributed by atoms with Crippen LogP contribution in [0.5, 0.6) is 11.5 Å². The number of hydrogen-bond acceptors (Lipinski definition) is 4. The molecular weight excluding hydrogens is 220 g/mol. The van der Waals surface area contributed by atoms with Gasteiger partial charge in [-0.15, -0.1) is 0 Å². The molecule has 1 fully saturated rings. The summed E-state index contributed by atoms with van der Waals surface area (Å²) in [5.74, 6) is 1.48. The fourth-order valence-corrected chi connectivity index (χ4v) is 2.28. The Labute approximate surface area is 100 Å². The molecule has 0 bridgehead atoms. The maximum atomic E-state index is 10.3. The zero-order chi connectivity index (χ0) is 11.9. The van der Waals surface area contributed by atoms with Gasteiger partial charge in [-0.1, -0.05) is 6.07 Å². The molecule has 0 radical (unpaired) electrons. The highest BCUT2D eigenvalue weighted by Gasteiger charge is 2.44. The molecule has 2 aliphatic rings. The largest absolute Gasteiger partial charge is 0.486 e. The molecule has 17 heavy (non-hydrogen) atoms. The van der Waals surface area contributed by atoms with Gasteiger partial charge in [-0.25, -0.2) is 0 Å². The van der Waals surface area contributed by atoms with Crippen molar-refractivity contribution in [3.05, 3.63) is 23.3 Å². The van der Waals surface area contributed by atoms with Gasteiger partial charge in [0.25, 0.3) is 0 Å². The van der Waals surface area contributed by atoms with Crippen molar-refractivity contribution in [3.63, 3.8) is 0 Å². The third-order valence-electron chi connectivity index (χ3n) is 3.33. The van der Waals surface area contributed by atoms with E-state index in [4.69, 9.17) is 14.2 Å². The number of ether oxygens (including phenoxy) is 3. The number of rotatable bonds is 3. The standard InChI is InChI=1S/C13H16O4/c1-15-8-9-10(13(14)4-5-13)2-3-11-12(9)17-7-6-16-11/h2-3,14H,4-8H2,1H3. The van der Waals surface area contributed by atoms with Crippen LogP contribution in [-0.2, 0) is 16.9 Å². The molecule has 1 N–H and O–H groups in total. The first-order chi connectivity index (χ1) is 8.24. The van der Waals surface area contributed by atoms with Crippen molar-refractivity contribution in [2.24, 2.45) is 0 Å². The number of methoxy groups -OCH3 is 1. The van der Waals surface area contributed by atoms with E-state index in [1.165, 1.54) is 0 Å². The van der Waals surface area contributed by atoms with Gasteiger partial charge in [0.05, 0.1) is 12.2 Å². The first kappa shape index (κ1) is 10.9. The Morgan fingerprint density at radius 3 is 2.76 bits per heavy atom. The Morgan fingerprint density at radius 1 is 1.29 bits per heavy atom. The van der Waals surface area contributed by atoms with Crippen molar-refractivity contribution >= 4 is 0 Å². The van der Waals surface area contributed by atoms with Crippen LogP contribution in [0.25, 0.3) is 0 Å². The summed E-state index contributed by atoms with van der Waals surface area (Å²) in [4.78, 5) is 0. The second kappa shape index (κ2) is 3.89. The minimum Gasteiger partial charge on any atom is -0.486 e. The molecule has 1 saturated carbocycles. The normalized spacial score (nSPS) is 20.1. The summed E-state index contributed by atoms with van der Waals surface area (Å²) in [5.41, 5.74) is 1.16. The lowest BCUT2D eigenvalue weighted by molar-refractivity contribution is 0.131. The van der Waals surface area contributed by atoms with E-state index >= 15 is 0 Å². The Morgan fingerprint density at radius 2 is 2.06 bits per heavy atom. The lowest BCUT2D eigenvalue weighted by atomic mass is 9.99. The molecule has 3 rings (SSSR count).